The van der Waals surface area contributed by atoms with E-state index in [4.69, 9.17) is 0 Å². The standard InChI is InChI=1S/C16H29N3O/c1-6-13(7-2)11-19(8-3)16(20)15-10-14(17-18-15)9-12(4)5/h10,12-13H,6-9,11H2,1-5H3,(H,17,18). The van der Waals surface area contributed by atoms with Gasteiger partial charge < -0.3 is 4.90 Å². The summed E-state index contributed by atoms with van der Waals surface area (Å²) in [5, 5.41) is 7.16. The first-order chi connectivity index (χ1) is 9.51. The molecular weight excluding hydrogens is 250 g/mol. The van der Waals surface area contributed by atoms with Gasteiger partial charge in [0.2, 0.25) is 0 Å². The van der Waals surface area contributed by atoms with E-state index < -0.39 is 0 Å². The first kappa shape index (κ1) is 16.7. The van der Waals surface area contributed by atoms with Gasteiger partial charge in [0.15, 0.2) is 0 Å². The van der Waals surface area contributed by atoms with Crippen LogP contribution >= 0.6 is 0 Å². The van der Waals surface area contributed by atoms with Gasteiger partial charge in [-0.05, 0) is 31.2 Å². The molecule has 0 saturated heterocycles. The van der Waals surface area contributed by atoms with E-state index in [0.29, 0.717) is 17.5 Å². The first-order valence-electron chi connectivity index (χ1n) is 7.85. The molecule has 1 aromatic rings. The summed E-state index contributed by atoms with van der Waals surface area (Å²) in [6, 6.07) is 1.90. The summed E-state index contributed by atoms with van der Waals surface area (Å²) in [4.78, 5) is 14.4. The Labute approximate surface area is 122 Å². The van der Waals surface area contributed by atoms with Crippen LogP contribution in [0.25, 0.3) is 0 Å². The summed E-state index contributed by atoms with van der Waals surface area (Å²) < 4.78 is 0. The molecule has 20 heavy (non-hydrogen) atoms. The molecule has 0 saturated carbocycles. The van der Waals surface area contributed by atoms with E-state index in [1.54, 1.807) is 0 Å². The summed E-state index contributed by atoms with van der Waals surface area (Å²) in [6.07, 6.45) is 3.15. The fourth-order valence-electron chi connectivity index (χ4n) is 2.39. The minimum Gasteiger partial charge on any atom is -0.337 e. The van der Waals surface area contributed by atoms with Crippen molar-refractivity contribution in [3.8, 4) is 0 Å². The number of aromatic amines is 1. The molecule has 1 heterocycles. The molecule has 0 aliphatic heterocycles. The van der Waals surface area contributed by atoms with Gasteiger partial charge in [0.25, 0.3) is 5.91 Å². The van der Waals surface area contributed by atoms with Crippen molar-refractivity contribution < 1.29 is 4.79 Å². The van der Waals surface area contributed by atoms with Crippen molar-refractivity contribution in [3.05, 3.63) is 17.5 Å². The Hall–Kier alpha value is -1.32. The highest BCUT2D eigenvalue weighted by molar-refractivity contribution is 5.92. The third-order valence-corrected chi connectivity index (χ3v) is 3.78. The second-order valence-electron chi connectivity index (χ2n) is 5.90. The van der Waals surface area contributed by atoms with E-state index >= 15 is 0 Å². The van der Waals surface area contributed by atoms with E-state index in [-0.39, 0.29) is 5.91 Å². The van der Waals surface area contributed by atoms with Gasteiger partial charge in [0.1, 0.15) is 5.69 Å². The number of nitrogens with one attached hydrogen (secondary N) is 1. The number of nitrogens with zero attached hydrogens (tertiary/aromatic N) is 2. The van der Waals surface area contributed by atoms with Crippen LogP contribution in [0, 0.1) is 11.8 Å². The van der Waals surface area contributed by atoms with E-state index in [1.807, 2.05) is 17.9 Å². The van der Waals surface area contributed by atoms with Gasteiger partial charge in [0, 0.05) is 18.8 Å². The number of rotatable bonds is 8. The average Bonchev–Trinajstić information content (AvgIpc) is 2.87. The van der Waals surface area contributed by atoms with Crippen molar-refractivity contribution in [1.29, 1.82) is 0 Å². The van der Waals surface area contributed by atoms with Crippen molar-refractivity contribution in [1.82, 2.24) is 15.1 Å². The van der Waals surface area contributed by atoms with Crippen molar-refractivity contribution >= 4 is 5.91 Å². The van der Waals surface area contributed by atoms with Gasteiger partial charge >= 0.3 is 0 Å². The summed E-state index contributed by atoms with van der Waals surface area (Å²) in [5.41, 5.74) is 1.59. The van der Waals surface area contributed by atoms with E-state index in [1.165, 1.54) is 0 Å². The van der Waals surface area contributed by atoms with Crippen LogP contribution in [0.1, 0.15) is 63.6 Å². The fraction of sp³-hybridized carbons (Fsp3) is 0.750. The third kappa shape index (κ3) is 4.66. The maximum Gasteiger partial charge on any atom is 0.274 e. The molecule has 4 heteroatoms. The largest absolute Gasteiger partial charge is 0.337 e. The Kier molecular flexibility index (Phi) is 6.76. The predicted octanol–water partition coefficient (Wildman–Crippen LogP) is 3.51. The van der Waals surface area contributed by atoms with Crippen molar-refractivity contribution in [2.24, 2.45) is 11.8 Å². The van der Waals surface area contributed by atoms with E-state index in [9.17, 15) is 4.79 Å². The second kappa shape index (κ2) is 8.08. The number of carbonyl (C=O) groups is 1. The molecule has 114 valence electrons. The van der Waals surface area contributed by atoms with Gasteiger partial charge in [-0.15, -0.1) is 0 Å². The number of aromatic nitrogens is 2. The highest BCUT2D eigenvalue weighted by atomic mass is 16.2. The van der Waals surface area contributed by atoms with Crippen molar-refractivity contribution in [2.75, 3.05) is 13.1 Å². The molecule has 0 atom stereocenters. The lowest BCUT2D eigenvalue weighted by Crippen LogP contribution is -2.35. The second-order valence-corrected chi connectivity index (χ2v) is 5.90. The summed E-state index contributed by atoms with van der Waals surface area (Å²) in [7, 11) is 0. The molecule has 0 aliphatic rings. The van der Waals surface area contributed by atoms with Gasteiger partial charge in [0.05, 0.1) is 0 Å². The lowest BCUT2D eigenvalue weighted by molar-refractivity contribution is 0.0729. The Morgan fingerprint density at radius 2 is 1.95 bits per heavy atom. The van der Waals surface area contributed by atoms with Gasteiger partial charge in [-0.25, -0.2) is 0 Å². The number of H-pyrrole nitrogens is 1. The molecule has 0 aromatic carbocycles. The zero-order chi connectivity index (χ0) is 15.1. The van der Waals surface area contributed by atoms with Gasteiger partial charge in [-0.2, -0.15) is 5.10 Å². The van der Waals surface area contributed by atoms with Gasteiger partial charge in [-0.1, -0.05) is 40.5 Å². The van der Waals surface area contributed by atoms with Gasteiger partial charge in [-0.3, -0.25) is 9.89 Å². The molecule has 1 amide bonds. The lowest BCUT2D eigenvalue weighted by atomic mass is 10.0. The summed E-state index contributed by atoms with van der Waals surface area (Å²) in [6.45, 7) is 12.3. The lowest BCUT2D eigenvalue weighted by Gasteiger charge is -2.24. The average molecular weight is 279 g/mol. The van der Waals surface area contributed by atoms with Crippen molar-refractivity contribution in [2.45, 2.75) is 53.9 Å². The predicted molar refractivity (Wildman–Crippen MR) is 82.8 cm³/mol. The third-order valence-electron chi connectivity index (χ3n) is 3.78. The molecule has 0 bridgehead atoms. The maximum atomic E-state index is 12.5. The quantitative estimate of drug-likeness (QED) is 0.791. The van der Waals surface area contributed by atoms with Crippen LogP contribution in [0.4, 0.5) is 0 Å². The number of hydrogen-bond donors (Lipinski definition) is 1. The molecule has 1 rings (SSSR count). The highest BCUT2D eigenvalue weighted by Crippen LogP contribution is 2.13. The smallest absolute Gasteiger partial charge is 0.274 e. The monoisotopic (exact) mass is 279 g/mol. The summed E-state index contributed by atoms with van der Waals surface area (Å²) >= 11 is 0. The molecule has 0 aliphatic carbocycles. The molecule has 0 fully saturated rings. The normalized spacial score (nSPS) is 11.3. The van der Waals surface area contributed by atoms with Crippen LogP contribution in [-0.2, 0) is 6.42 Å². The molecule has 0 unspecified atom stereocenters. The van der Waals surface area contributed by atoms with E-state index in [0.717, 1.165) is 38.0 Å². The molecule has 1 aromatic heterocycles. The van der Waals surface area contributed by atoms with Crippen LogP contribution in [0.2, 0.25) is 0 Å². The fourth-order valence-corrected chi connectivity index (χ4v) is 2.39. The Bertz CT molecular complexity index is 408. The SMILES string of the molecule is CCC(CC)CN(CC)C(=O)c1cc(CC(C)C)[nH]n1. The van der Waals surface area contributed by atoms with Crippen LogP contribution < -0.4 is 0 Å². The molecule has 4 nitrogen and oxygen atoms in total. The number of hydrogen-bond acceptors (Lipinski definition) is 2. The Morgan fingerprint density at radius 1 is 1.30 bits per heavy atom. The molecule has 1 N–H and O–H groups in total. The molecule has 0 radical (unpaired) electrons. The van der Waals surface area contributed by atoms with Crippen LogP contribution in [0.5, 0.6) is 0 Å². The minimum atomic E-state index is 0.0469. The van der Waals surface area contributed by atoms with Crippen LogP contribution in [0.3, 0.4) is 0 Å². The maximum absolute atomic E-state index is 12.5. The zero-order valence-corrected chi connectivity index (χ0v) is 13.6. The minimum absolute atomic E-state index is 0.0469. The summed E-state index contributed by atoms with van der Waals surface area (Å²) in [5.74, 6) is 1.18. The van der Waals surface area contributed by atoms with Crippen LogP contribution in [-0.4, -0.2) is 34.1 Å². The van der Waals surface area contributed by atoms with Crippen LogP contribution in [0.15, 0.2) is 6.07 Å². The zero-order valence-electron chi connectivity index (χ0n) is 13.6. The number of amides is 1. The molecular formula is C16H29N3O. The Morgan fingerprint density at radius 3 is 2.45 bits per heavy atom. The first-order valence-corrected chi connectivity index (χ1v) is 7.85. The van der Waals surface area contributed by atoms with Crippen molar-refractivity contribution in [3.63, 3.8) is 0 Å². The Balaban J connectivity index is 2.72. The number of carbonyl (C=O) groups excluding carboxylic acids is 1. The molecule has 0 spiro atoms. The van der Waals surface area contributed by atoms with E-state index in [2.05, 4.69) is 37.9 Å². The topological polar surface area (TPSA) is 49.0 Å². The highest BCUT2D eigenvalue weighted by Gasteiger charge is 2.20.